The molecule has 1 saturated heterocycles. The Hall–Kier alpha value is -1.03. The highest BCUT2D eigenvalue weighted by Crippen LogP contribution is 2.43. The van der Waals surface area contributed by atoms with Gasteiger partial charge < -0.3 is 15.0 Å². The second-order valence-electron chi connectivity index (χ2n) is 5.85. The van der Waals surface area contributed by atoms with Crippen LogP contribution in [0.1, 0.15) is 19.3 Å². The molecule has 0 radical (unpaired) electrons. The molecule has 3 rings (SSSR count). The zero-order valence-corrected chi connectivity index (χ0v) is 11.0. The van der Waals surface area contributed by atoms with Crippen LogP contribution in [0.3, 0.4) is 0 Å². The Balaban J connectivity index is 1.42. The number of carbonyl (C=O) groups is 1. The van der Waals surface area contributed by atoms with E-state index in [0.717, 1.165) is 43.8 Å². The number of fused-ring (bicyclic) bond motifs is 2. The van der Waals surface area contributed by atoms with Gasteiger partial charge in [0.05, 0.1) is 7.11 Å². The summed E-state index contributed by atoms with van der Waals surface area (Å²) < 4.78 is 4.75. The first-order valence-corrected chi connectivity index (χ1v) is 7.01. The number of methoxy groups -OCH3 is 1. The van der Waals surface area contributed by atoms with Gasteiger partial charge in [-0.25, -0.2) is 4.79 Å². The Labute approximate surface area is 108 Å². The SMILES string of the molecule is COC(=O)N1CC[C@H](NC[C@H]2C[C@H]3C=C[C@H]2C3)C1. The van der Waals surface area contributed by atoms with Crippen molar-refractivity contribution >= 4 is 6.09 Å². The molecule has 2 bridgehead atoms. The summed E-state index contributed by atoms with van der Waals surface area (Å²) >= 11 is 0. The first kappa shape index (κ1) is 12.0. The lowest BCUT2D eigenvalue weighted by Crippen LogP contribution is -2.38. The summed E-state index contributed by atoms with van der Waals surface area (Å²) in [6.07, 6.45) is 8.35. The smallest absolute Gasteiger partial charge is 0.409 e. The number of nitrogens with one attached hydrogen (secondary N) is 1. The highest BCUT2D eigenvalue weighted by molar-refractivity contribution is 5.67. The molecule has 0 unspecified atom stereocenters. The van der Waals surface area contributed by atoms with Gasteiger partial charge in [-0.05, 0) is 43.6 Å². The van der Waals surface area contributed by atoms with Gasteiger partial charge in [0.25, 0.3) is 0 Å². The number of likely N-dealkylation sites (tertiary alicyclic amines) is 1. The molecule has 0 aromatic heterocycles. The largest absolute Gasteiger partial charge is 0.453 e. The lowest BCUT2D eigenvalue weighted by molar-refractivity contribution is 0.132. The Morgan fingerprint density at radius 1 is 1.44 bits per heavy atom. The summed E-state index contributed by atoms with van der Waals surface area (Å²) in [5, 5.41) is 3.63. The van der Waals surface area contributed by atoms with Crippen LogP contribution in [-0.2, 0) is 4.74 Å². The average Bonchev–Trinajstić information content (AvgIpc) is 3.10. The molecule has 0 spiro atoms. The molecule has 3 aliphatic rings. The van der Waals surface area contributed by atoms with Crippen LogP contribution in [0, 0.1) is 17.8 Å². The molecule has 100 valence electrons. The minimum atomic E-state index is -0.192. The molecule has 1 heterocycles. The van der Waals surface area contributed by atoms with Crippen LogP contribution in [0.4, 0.5) is 4.79 Å². The van der Waals surface area contributed by atoms with Crippen molar-refractivity contribution in [3.05, 3.63) is 12.2 Å². The van der Waals surface area contributed by atoms with E-state index in [1.165, 1.54) is 20.0 Å². The minimum absolute atomic E-state index is 0.192. The quantitative estimate of drug-likeness (QED) is 0.774. The van der Waals surface area contributed by atoms with Crippen molar-refractivity contribution in [1.82, 2.24) is 10.2 Å². The Bertz CT molecular complexity index is 356. The van der Waals surface area contributed by atoms with Crippen LogP contribution >= 0.6 is 0 Å². The Morgan fingerprint density at radius 3 is 3.00 bits per heavy atom. The third kappa shape index (κ3) is 2.26. The van der Waals surface area contributed by atoms with Crippen molar-refractivity contribution in [2.75, 3.05) is 26.7 Å². The van der Waals surface area contributed by atoms with Gasteiger partial charge >= 0.3 is 6.09 Å². The highest BCUT2D eigenvalue weighted by atomic mass is 16.5. The van der Waals surface area contributed by atoms with Gasteiger partial charge in [0.15, 0.2) is 0 Å². The van der Waals surface area contributed by atoms with E-state index in [0.29, 0.717) is 6.04 Å². The third-order valence-corrected chi connectivity index (χ3v) is 4.71. The molecule has 4 nitrogen and oxygen atoms in total. The van der Waals surface area contributed by atoms with Crippen molar-refractivity contribution in [2.45, 2.75) is 25.3 Å². The lowest BCUT2D eigenvalue weighted by Gasteiger charge is -2.21. The molecular formula is C14H22N2O2. The number of hydrogen-bond donors (Lipinski definition) is 1. The molecular weight excluding hydrogens is 228 g/mol. The van der Waals surface area contributed by atoms with Crippen molar-refractivity contribution in [2.24, 2.45) is 17.8 Å². The van der Waals surface area contributed by atoms with E-state index >= 15 is 0 Å². The van der Waals surface area contributed by atoms with Gasteiger partial charge in [-0.2, -0.15) is 0 Å². The van der Waals surface area contributed by atoms with Crippen LogP contribution in [0.5, 0.6) is 0 Å². The summed E-state index contributed by atoms with van der Waals surface area (Å²) in [7, 11) is 1.45. The average molecular weight is 250 g/mol. The van der Waals surface area contributed by atoms with E-state index in [-0.39, 0.29) is 6.09 Å². The van der Waals surface area contributed by atoms with E-state index < -0.39 is 0 Å². The van der Waals surface area contributed by atoms with Gasteiger partial charge in [0, 0.05) is 19.1 Å². The molecule has 2 aliphatic carbocycles. The monoisotopic (exact) mass is 250 g/mol. The topological polar surface area (TPSA) is 41.6 Å². The number of hydrogen-bond acceptors (Lipinski definition) is 3. The maximum Gasteiger partial charge on any atom is 0.409 e. The molecule has 0 aromatic carbocycles. The van der Waals surface area contributed by atoms with Crippen LogP contribution in [0.25, 0.3) is 0 Å². The third-order valence-electron chi connectivity index (χ3n) is 4.71. The summed E-state index contributed by atoms with van der Waals surface area (Å²) in [5.74, 6) is 2.46. The van der Waals surface area contributed by atoms with Gasteiger partial charge in [0.1, 0.15) is 0 Å². The van der Waals surface area contributed by atoms with E-state index in [9.17, 15) is 4.79 Å². The van der Waals surface area contributed by atoms with Crippen molar-refractivity contribution in [3.63, 3.8) is 0 Å². The van der Waals surface area contributed by atoms with Crippen LogP contribution in [-0.4, -0.2) is 43.8 Å². The first-order chi connectivity index (χ1) is 8.76. The van der Waals surface area contributed by atoms with Crippen LogP contribution < -0.4 is 5.32 Å². The standard InChI is InChI=1S/C14H22N2O2/c1-18-14(17)16-5-4-13(9-16)15-8-12-7-10-2-3-11(12)6-10/h2-3,10-13,15H,4-9H2,1H3/t10-,11-,12+,13-/m0/s1. The maximum atomic E-state index is 11.4. The number of rotatable bonds is 3. The Kier molecular flexibility index (Phi) is 3.29. The summed E-state index contributed by atoms with van der Waals surface area (Å²) in [5.41, 5.74) is 0. The highest BCUT2D eigenvalue weighted by Gasteiger charge is 2.36. The van der Waals surface area contributed by atoms with Crippen LogP contribution in [0.2, 0.25) is 0 Å². The normalized spacial score (nSPS) is 37.5. The second-order valence-corrected chi connectivity index (χ2v) is 5.85. The van der Waals surface area contributed by atoms with Crippen molar-refractivity contribution < 1.29 is 9.53 Å². The molecule has 1 amide bonds. The number of ether oxygens (including phenoxy) is 1. The predicted molar refractivity (Wildman–Crippen MR) is 69.2 cm³/mol. The molecule has 0 aromatic rings. The van der Waals surface area contributed by atoms with E-state index in [4.69, 9.17) is 4.74 Å². The zero-order chi connectivity index (χ0) is 12.5. The fourth-order valence-corrected chi connectivity index (χ4v) is 3.67. The maximum absolute atomic E-state index is 11.4. The summed E-state index contributed by atoms with van der Waals surface area (Å²) in [4.78, 5) is 13.2. The van der Waals surface area contributed by atoms with E-state index in [2.05, 4.69) is 17.5 Å². The first-order valence-electron chi connectivity index (χ1n) is 7.01. The van der Waals surface area contributed by atoms with Crippen molar-refractivity contribution in [1.29, 1.82) is 0 Å². The molecule has 2 fully saturated rings. The van der Waals surface area contributed by atoms with Crippen molar-refractivity contribution in [3.8, 4) is 0 Å². The predicted octanol–water partition coefficient (Wildman–Crippen LogP) is 1.63. The van der Waals surface area contributed by atoms with E-state index in [1.807, 2.05) is 0 Å². The fourth-order valence-electron chi connectivity index (χ4n) is 3.67. The van der Waals surface area contributed by atoms with Gasteiger partial charge in [-0.1, -0.05) is 12.2 Å². The summed E-state index contributed by atoms with van der Waals surface area (Å²) in [6.45, 7) is 2.72. The molecule has 18 heavy (non-hydrogen) atoms. The van der Waals surface area contributed by atoms with Gasteiger partial charge in [-0.15, -0.1) is 0 Å². The van der Waals surface area contributed by atoms with E-state index in [1.54, 1.807) is 4.90 Å². The fraction of sp³-hybridized carbons (Fsp3) is 0.786. The molecule has 4 heteroatoms. The Morgan fingerprint density at radius 2 is 2.33 bits per heavy atom. The molecule has 1 saturated carbocycles. The second kappa shape index (κ2) is 4.92. The summed E-state index contributed by atoms with van der Waals surface area (Å²) in [6, 6.07) is 0.451. The van der Waals surface area contributed by atoms with Gasteiger partial charge in [-0.3, -0.25) is 0 Å². The molecule has 1 N–H and O–H groups in total. The number of carbonyl (C=O) groups excluding carboxylic acids is 1. The number of nitrogens with zero attached hydrogens (tertiary/aromatic N) is 1. The lowest BCUT2D eigenvalue weighted by atomic mass is 9.93. The van der Waals surface area contributed by atoms with Crippen LogP contribution in [0.15, 0.2) is 12.2 Å². The molecule has 4 atom stereocenters. The zero-order valence-electron chi connectivity index (χ0n) is 11.0. The molecule has 1 aliphatic heterocycles. The number of allylic oxidation sites excluding steroid dienone is 2. The minimum Gasteiger partial charge on any atom is -0.453 e. The number of amides is 1. The van der Waals surface area contributed by atoms with Gasteiger partial charge in [0.2, 0.25) is 0 Å².